The largest absolute Gasteiger partial charge is 0.497 e. The quantitative estimate of drug-likeness (QED) is 0.592. The fourth-order valence-corrected chi connectivity index (χ4v) is 1.81. The smallest absolute Gasteiger partial charge is 0.243 e. The maximum absolute atomic E-state index is 11.9. The Morgan fingerprint density at radius 2 is 1.67 bits per heavy atom. The summed E-state index contributed by atoms with van der Waals surface area (Å²) < 4.78 is 15.2. The molecule has 24 heavy (non-hydrogen) atoms. The summed E-state index contributed by atoms with van der Waals surface area (Å²) in [7, 11) is 4.52. The maximum Gasteiger partial charge on any atom is 0.243 e. The van der Waals surface area contributed by atoms with Crippen molar-refractivity contribution in [2.45, 2.75) is 12.5 Å². The number of carbonyl (C=O) groups is 2. The molecule has 0 aromatic heterocycles. The fraction of sp³-hybridized carbons (Fsp3) is 0.467. The van der Waals surface area contributed by atoms with E-state index >= 15 is 0 Å². The van der Waals surface area contributed by atoms with E-state index < -0.39 is 0 Å². The Hall–Kier alpha value is -2.03. The Morgan fingerprint density at radius 1 is 1.08 bits per heavy atom. The SMILES string of the molecule is COc1cc(NC(=O)CNC(=O)CC(CN)OC)cc(OC)c1.Cl. The van der Waals surface area contributed by atoms with Crippen LogP contribution < -0.4 is 25.8 Å². The van der Waals surface area contributed by atoms with Crippen molar-refractivity contribution < 1.29 is 23.8 Å². The molecule has 0 saturated heterocycles. The molecule has 1 atom stereocenters. The summed E-state index contributed by atoms with van der Waals surface area (Å²) in [4.78, 5) is 23.5. The molecule has 1 aromatic carbocycles. The molecule has 136 valence electrons. The molecule has 1 unspecified atom stereocenters. The van der Waals surface area contributed by atoms with Crippen molar-refractivity contribution in [1.82, 2.24) is 5.32 Å². The van der Waals surface area contributed by atoms with Gasteiger partial charge >= 0.3 is 0 Å². The normalized spacial score (nSPS) is 11.0. The van der Waals surface area contributed by atoms with E-state index in [0.717, 1.165) is 0 Å². The average Bonchev–Trinajstić information content (AvgIpc) is 2.57. The molecule has 1 rings (SSSR count). The van der Waals surface area contributed by atoms with E-state index in [2.05, 4.69) is 10.6 Å². The molecule has 0 aliphatic heterocycles. The predicted octanol–water partition coefficient (Wildman–Crippen LogP) is 0.544. The first-order valence-electron chi connectivity index (χ1n) is 7.04. The number of amides is 2. The lowest BCUT2D eigenvalue weighted by molar-refractivity contribution is -0.125. The zero-order valence-electron chi connectivity index (χ0n) is 14.0. The lowest BCUT2D eigenvalue weighted by Gasteiger charge is -2.13. The van der Waals surface area contributed by atoms with Crippen LogP contribution in [0.4, 0.5) is 5.69 Å². The summed E-state index contributed by atoms with van der Waals surface area (Å²) in [6.07, 6.45) is -0.256. The minimum absolute atomic E-state index is 0. The van der Waals surface area contributed by atoms with Crippen molar-refractivity contribution in [2.75, 3.05) is 39.7 Å². The molecular weight excluding hydrogens is 338 g/mol. The lowest BCUT2D eigenvalue weighted by atomic mass is 10.2. The molecule has 0 bridgehead atoms. The van der Waals surface area contributed by atoms with Gasteiger partial charge in [0.05, 0.1) is 33.3 Å². The van der Waals surface area contributed by atoms with Crippen LogP contribution in [-0.2, 0) is 14.3 Å². The first kappa shape index (κ1) is 22.0. The number of hydrogen-bond acceptors (Lipinski definition) is 6. The Kier molecular flexibility index (Phi) is 10.5. The van der Waals surface area contributed by atoms with Crippen LogP contribution in [-0.4, -0.2) is 52.3 Å². The van der Waals surface area contributed by atoms with E-state index in [1.54, 1.807) is 18.2 Å². The van der Waals surface area contributed by atoms with Gasteiger partial charge in [-0.25, -0.2) is 0 Å². The van der Waals surface area contributed by atoms with Gasteiger partial charge < -0.3 is 30.6 Å². The van der Waals surface area contributed by atoms with Crippen molar-refractivity contribution in [3.63, 3.8) is 0 Å². The molecule has 2 amide bonds. The third kappa shape index (κ3) is 7.49. The summed E-state index contributed by atoms with van der Waals surface area (Å²) in [5, 5.41) is 5.17. The van der Waals surface area contributed by atoms with E-state index in [4.69, 9.17) is 19.9 Å². The Balaban J connectivity index is 0.00000529. The maximum atomic E-state index is 11.9. The molecular formula is C15H24ClN3O5. The summed E-state index contributed by atoms with van der Waals surface area (Å²) in [6.45, 7) is 0.0824. The van der Waals surface area contributed by atoms with Gasteiger partial charge in [0.25, 0.3) is 0 Å². The van der Waals surface area contributed by atoms with Crippen LogP contribution in [0.3, 0.4) is 0 Å². The van der Waals surface area contributed by atoms with E-state index in [0.29, 0.717) is 17.2 Å². The van der Waals surface area contributed by atoms with Crippen LogP contribution in [0.15, 0.2) is 18.2 Å². The summed E-state index contributed by atoms with van der Waals surface area (Å²) in [5.41, 5.74) is 5.95. The number of halogens is 1. The number of benzene rings is 1. The second-order valence-electron chi connectivity index (χ2n) is 4.72. The topological polar surface area (TPSA) is 112 Å². The van der Waals surface area contributed by atoms with Crippen LogP contribution >= 0.6 is 12.4 Å². The molecule has 0 aliphatic carbocycles. The average molecular weight is 362 g/mol. The number of ether oxygens (including phenoxy) is 3. The van der Waals surface area contributed by atoms with Crippen molar-refractivity contribution >= 4 is 29.9 Å². The van der Waals surface area contributed by atoms with Crippen molar-refractivity contribution in [3.05, 3.63) is 18.2 Å². The van der Waals surface area contributed by atoms with Gasteiger partial charge in [-0.15, -0.1) is 12.4 Å². The third-order valence-electron chi connectivity index (χ3n) is 3.09. The standard InChI is InChI=1S/C15H23N3O5.ClH/c1-21-11-4-10(5-12(6-11)22-2)18-15(20)9-17-14(19)7-13(8-16)23-3;/h4-6,13H,7-9,16H2,1-3H3,(H,17,19)(H,18,20);1H. The van der Waals surface area contributed by atoms with Gasteiger partial charge in [-0.3, -0.25) is 9.59 Å². The molecule has 0 fully saturated rings. The van der Waals surface area contributed by atoms with E-state index in [-0.39, 0.29) is 49.8 Å². The molecule has 0 saturated carbocycles. The van der Waals surface area contributed by atoms with Gasteiger partial charge in [0.2, 0.25) is 11.8 Å². The van der Waals surface area contributed by atoms with Crippen LogP contribution in [0, 0.1) is 0 Å². The van der Waals surface area contributed by atoms with Gasteiger partial charge in [0, 0.05) is 37.5 Å². The molecule has 9 heteroatoms. The molecule has 8 nitrogen and oxygen atoms in total. The Labute approximate surface area is 147 Å². The zero-order valence-corrected chi connectivity index (χ0v) is 14.8. The number of nitrogens with one attached hydrogen (secondary N) is 2. The summed E-state index contributed by atoms with van der Waals surface area (Å²) in [5.74, 6) is 0.431. The number of rotatable bonds is 9. The van der Waals surface area contributed by atoms with Crippen LogP contribution in [0.5, 0.6) is 11.5 Å². The Morgan fingerprint density at radius 3 is 2.12 bits per heavy atom. The van der Waals surface area contributed by atoms with Crippen molar-refractivity contribution in [1.29, 1.82) is 0 Å². The highest BCUT2D eigenvalue weighted by atomic mass is 35.5. The van der Waals surface area contributed by atoms with Gasteiger partial charge in [-0.1, -0.05) is 0 Å². The summed E-state index contributed by atoms with van der Waals surface area (Å²) in [6, 6.07) is 4.99. The summed E-state index contributed by atoms with van der Waals surface area (Å²) >= 11 is 0. The second kappa shape index (κ2) is 11.5. The highest BCUT2D eigenvalue weighted by Gasteiger charge is 2.13. The minimum atomic E-state index is -0.365. The number of anilines is 1. The number of hydrogen-bond donors (Lipinski definition) is 3. The molecule has 0 aliphatic rings. The van der Waals surface area contributed by atoms with Gasteiger partial charge in [0.15, 0.2) is 0 Å². The predicted molar refractivity (Wildman–Crippen MR) is 92.9 cm³/mol. The number of carbonyl (C=O) groups excluding carboxylic acids is 2. The number of nitrogens with two attached hydrogens (primary N) is 1. The van der Waals surface area contributed by atoms with Crippen LogP contribution in [0.2, 0.25) is 0 Å². The van der Waals surface area contributed by atoms with Crippen LogP contribution in [0.25, 0.3) is 0 Å². The molecule has 1 aromatic rings. The molecule has 4 N–H and O–H groups in total. The fourth-order valence-electron chi connectivity index (χ4n) is 1.81. The molecule has 0 radical (unpaired) electrons. The van der Waals surface area contributed by atoms with Crippen molar-refractivity contribution in [3.8, 4) is 11.5 Å². The lowest BCUT2D eigenvalue weighted by Crippen LogP contribution is -2.36. The van der Waals surface area contributed by atoms with Gasteiger partial charge in [0.1, 0.15) is 11.5 Å². The van der Waals surface area contributed by atoms with E-state index in [9.17, 15) is 9.59 Å². The van der Waals surface area contributed by atoms with Gasteiger partial charge in [-0.2, -0.15) is 0 Å². The van der Waals surface area contributed by atoms with Gasteiger partial charge in [-0.05, 0) is 0 Å². The highest BCUT2D eigenvalue weighted by molar-refractivity contribution is 5.94. The molecule has 0 heterocycles. The number of methoxy groups -OCH3 is 3. The van der Waals surface area contributed by atoms with E-state index in [1.165, 1.54) is 21.3 Å². The zero-order chi connectivity index (χ0) is 17.2. The monoisotopic (exact) mass is 361 g/mol. The highest BCUT2D eigenvalue weighted by Crippen LogP contribution is 2.25. The minimum Gasteiger partial charge on any atom is -0.497 e. The first-order chi connectivity index (χ1) is 11.0. The van der Waals surface area contributed by atoms with E-state index in [1.807, 2.05) is 0 Å². The first-order valence-corrected chi connectivity index (χ1v) is 7.04. The molecule has 0 spiro atoms. The van der Waals surface area contributed by atoms with Crippen molar-refractivity contribution in [2.24, 2.45) is 5.73 Å². The Bertz CT molecular complexity index is 516. The van der Waals surface area contributed by atoms with Crippen LogP contribution in [0.1, 0.15) is 6.42 Å². The third-order valence-corrected chi connectivity index (χ3v) is 3.09. The second-order valence-corrected chi connectivity index (χ2v) is 4.72.